The zero-order valence-corrected chi connectivity index (χ0v) is 8.07. The fourth-order valence-electron chi connectivity index (χ4n) is 1.55. The molecule has 0 aromatic rings. The molecule has 80 valence electrons. The highest BCUT2D eigenvalue weighted by molar-refractivity contribution is 5.85. The van der Waals surface area contributed by atoms with Gasteiger partial charge in [0.1, 0.15) is 11.6 Å². The molecule has 1 aliphatic heterocycles. The molecule has 5 heteroatoms. The molecule has 2 aliphatic rings. The zero-order valence-electron chi connectivity index (χ0n) is 8.07. The lowest BCUT2D eigenvalue weighted by molar-refractivity contribution is -0.148. The molecule has 0 aromatic carbocycles. The molecule has 2 rings (SSSR count). The molecule has 1 saturated heterocycles. The summed E-state index contributed by atoms with van der Waals surface area (Å²) in [6.07, 6.45) is 2.05. The second-order valence-electron chi connectivity index (χ2n) is 4.15. The van der Waals surface area contributed by atoms with E-state index >= 15 is 0 Å². The Balaban J connectivity index is 1.86. The van der Waals surface area contributed by atoms with Crippen LogP contribution in [0.2, 0.25) is 0 Å². The summed E-state index contributed by atoms with van der Waals surface area (Å²) in [6, 6.07) is 0. The fourth-order valence-corrected chi connectivity index (χ4v) is 1.55. The summed E-state index contributed by atoms with van der Waals surface area (Å²) < 4.78 is 10.4. The maximum Gasteiger partial charge on any atom is 0.240 e. The third-order valence-corrected chi connectivity index (χ3v) is 2.93. The van der Waals surface area contributed by atoms with Crippen molar-refractivity contribution in [3.8, 4) is 0 Å². The first kappa shape index (κ1) is 9.89. The van der Waals surface area contributed by atoms with Gasteiger partial charge in [0.15, 0.2) is 0 Å². The van der Waals surface area contributed by atoms with Crippen LogP contribution in [0.4, 0.5) is 0 Å². The van der Waals surface area contributed by atoms with E-state index < -0.39 is 11.4 Å². The number of nitrogens with two attached hydrogens (primary N) is 2. The SMILES string of the molecule is NC(=O)C(N)(COC1COC1)C1CC1. The van der Waals surface area contributed by atoms with E-state index in [2.05, 4.69) is 0 Å². The topological polar surface area (TPSA) is 87.6 Å². The van der Waals surface area contributed by atoms with Gasteiger partial charge in [-0.1, -0.05) is 0 Å². The Labute approximate surface area is 82.7 Å². The van der Waals surface area contributed by atoms with Gasteiger partial charge in [0.2, 0.25) is 5.91 Å². The number of amides is 1. The quantitative estimate of drug-likeness (QED) is 0.595. The van der Waals surface area contributed by atoms with Gasteiger partial charge in [0.05, 0.1) is 19.8 Å². The normalized spacial score (nSPS) is 26.6. The van der Waals surface area contributed by atoms with Crippen molar-refractivity contribution in [2.24, 2.45) is 17.4 Å². The molecule has 1 saturated carbocycles. The first-order valence-corrected chi connectivity index (χ1v) is 4.91. The van der Waals surface area contributed by atoms with Crippen LogP contribution in [0.1, 0.15) is 12.8 Å². The Morgan fingerprint density at radius 3 is 2.50 bits per heavy atom. The lowest BCUT2D eigenvalue weighted by Gasteiger charge is -2.31. The average Bonchev–Trinajstić information content (AvgIpc) is 2.82. The van der Waals surface area contributed by atoms with E-state index in [1.807, 2.05) is 0 Å². The molecule has 0 bridgehead atoms. The second kappa shape index (κ2) is 3.49. The first-order chi connectivity index (χ1) is 6.63. The van der Waals surface area contributed by atoms with Crippen LogP contribution >= 0.6 is 0 Å². The van der Waals surface area contributed by atoms with Crippen LogP contribution in [0.5, 0.6) is 0 Å². The van der Waals surface area contributed by atoms with Gasteiger partial charge in [0, 0.05) is 0 Å². The number of carbonyl (C=O) groups excluding carboxylic acids is 1. The Morgan fingerprint density at radius 2 is 2.14 bits per heavy atom. The van der Waals surface area contributed by atoms with Crippen LogP contribution < -0.4 is 11.5 Å². The van der Waals surface area contributed by atoms with Gasteiger partial charge in [-0.15, -0.1) is 0 Å². The Kier molecular flexibility index (Phi) is 2.47. The number of primary amides is 1. The second-order valence-corrected chi connectivity index (χ2v) is 4.15. The molecule has 2 fully saturated rings. The van der Waals surface area contributed by atoms with Crippen molar-refractivity contribution in [3.05, 3.63) is 0 Å². The van der Waals surface area contributed by atoms with Crippen LogP contribution in [0.3, 0.4) is 0 Å². The standard InChI is InChI=1S/C9H16N2O3/c10-8(12)9(11,6-1-2-6)5-14-7-3-13-4-7/h6-7H,1-5,11H2,(H2,10,12). The van der Waals surface area contributed by atoms with E-state index in [-0.39, 0.29) is 18.6 Å². The minimum absolute atomic E-state index is 0.0935. The highest BCUT2D eigenvalue weighted by Crippen LogP contribution is 2.38. The number of hydrogen-bond acceptors (Lipinski definition) is 4. The summed E-state index contributed by atoms with van der Waals surface area (Å²) in [5, 5.41) is 0. The maximum atomic E-state index is 11.2. The number of ether oxygens (including phenoxy) is 2. The minimum Gasteiger partial charge on any atom is -0.376 e. The maximum absolute atomic E-state index is 11.2. The minimum atomic E-state index is -0.963. The molecule has 0 spiro atoms. The van der Waals surface area contributed by atoms with E-state index in [9.17, 15) is 4.79 Å². The van der Waals surface area contributed by atoms with Crippen molar-refractivity contribution >= 4 is 5.91 Å². The molecule has 1 atom stereocenters. The molecular weight excluding hydrogens is 184 g/mol. The van der Waals surface area contributed by atoms with E-state index in [1.54, 1.807) is 0 Å². The third kappa shape index (κ3) is 1.75. The number of hydrogen-bond donors (Lipinski definition) is 2. The Bertz CT molecular complexity index is 238. The molecule has 1 heterocycles. The van der Waals surface area contributed by atoms with Crippen molar-refractivity contribution < 1.29 is 14.3 Å². The highest BCUT2D eigenvalue weighted by atomic mass is 16.6. The molecule has 0 radical (unpaired) electrons. The van der Waals surface area contributed by atoms with Gasteiger partial charge in [0.25, 0.3) is 0 Å². The van der Waals surface area contributed by atoms with Gasteiger partial charge in [-0.25, -0.2) is 0 Å². The molecule has 14 heavy (non-hydrogen) atoms. The molecule has 1 unspecified atom stereocenters. The summed E-state index contributed by atoms with van der Waals surface area (Å²) in [7, 11) is 0. The zero-order chi connectivity index (χ0) is 10.2. The van der Waals surface area contributed by atoms with Crippen molar-refractivity contribution in [3.63, 3.8) is 0 Å². The first-order valence-electron chi connectivity index (χ1n) is 4.91. The monoisotopic (exact) mass is 200 g/mol. The predicted molar refractivity (Wildman–Crippen MR) is 49.4 cm³/mol. The van der Waals surface area contributed by atoms with Crippen LogP contribution in [0.25, 0.3) is 0 Å². The van der Waals surface area contributed by atoms with Gasteiger partial charge < -0.3 is 20.9 Å². The molecule has 1 amide bonds. The van der Waals surface area contributed by atoms with Crippen LogP contribution in [-0.2, 0) is 14.3 Å². The van der Waals surface area contributed by atoms with Crippen molar-refractivity contribution in [2.45, 2.75) is 24.5 Å². The van der Waals surface area contributed by atoms with Crippen LogP contribution in [0, 0.1) is 5.92 Å². The predicted octanol–water partition coefficient (Wildman–Crippen LogP) is -1.01. The van der Waals surface area contributed by atoms with Crippen molar-refractivity contribution in [1.82, 2.24) is 0 Å². The van der Waals surface area contributed by atoms with E-state index in [0.717, 1.165) is 12.8 Å². The molecule has 5 nitrogen and oxygen atoms in total. The van der Waals surface area contributed by atoms with Crippen LogP contribution in [-0.4, -0.2) is 37.4 Å². The lowest BCUT2D eigenvalue weighted by Crippen LogP contribution is -2.58. The molecular formula is C9H16N2O3. The smallest absolute Gasteiger partial charge is 0.240 e. The third-order valence-electron chi connectivity index (χ3n) is 2.93. The van der Waals surface area contributed by atoms with Crippen molar-refractivity contribution in [1.29, 1.82) is 0 Å². The molecule has 1 aliphatic carbocycles. The summed E-state index contributed by atoms with van der Waals surface area (Å²) in [5.41, 5.74) is 10.3. The van der Waals surface area contributed by atoms with Gasteiger partial charge in [-0.05, 0) is 18.8 Å². The van der Waals surface area contributed by atoms with Gasteiger partial charge in [-0.2, -0.15) is 0 Å². The summed E-state index contributed by atoms with van der Waals surface area (Å²) in [6.45, 7) is 1.42. The van der Waals surface area contributed by atoms with E-state index in [4.69, 9.17) is 20.9 Å². The average molecular weight is 200 g/mol. The number of rotatable bonds is 5. The largest absolute Gasteiger partial charge is 0.376 e. The van der Waals surface area contributed by atoms with E-state index in [1.165, 1.54) is 0 Å². The summed E-state index contributed by atoms with van der Waals surface area (Å²) >= 11 is 0. The fraction of sp³-hybridized carbons (Fsp3) is 0.889. The van der Waals surface area contributed by atoms with Gasteiger partial charge >= 0.3 is 0 Å². The Hall–Kier alpha value is -0.650. The van der Waals surface area contributed by atoms with E-state index in [0.29, 0.717) is 13.2 Å². The lowest BCUT2D eigenvalue weighted by atomic mass is 9.95. The highest BCUT2D eigenvalue weighted by Gasteiger charge is 2.47. The molecule has 4 N–H and O–H groups in total. The number of carbonyl (C=O) groups is 1. The summed E-state index contributed by atoms with van der Waals surface area (Å²) in [5.74, 6) is -0.249. The molecule has 0 aromatic heterocycles. The van der Waals surface area contributed by atoms with Crippen LogP contribution in [0.15, 0.2) is 0 Å². The van der Waals surface area contributed by atoms with Crippen molar-refractivity contribution in [2.75, 3.05) is 19.8 Å². The summed E-state index contributed by atoms with van der Waals surface area (Å²) in [4.78, 5) is 11.2. The van der Waals surface area contributed by atoms with Gasteiger partial charge in [-0.3, -0.25) is 4.79 Å². The Morgan fingerprint density at radius 1 is 1.50 bits per heavy atom.